The van der Waals surface area contributed by atoms with E-state index < -0.39 is 0 Å². The number of aromatic nitrogens is 1. The van der Waals surface area contributed by atoms with Crippen molar-refractivity contribution in [1.29, 1.82) is 0 Å². The average Bonchev–Trinajstić information content (AvgIpc) is 2.97. The minimum atomic E-state index is -0.303. The topological polar surface area (TPSA) is 55.6 Å². The number of ether oxygens (including phenoxy) is 1. The van der Waals surface area contributed by atoms with Crippen LogP contribution in [0.5, 0.6) is 5.75 Å². The molecule has 0 fully saturated rings. The Morgan fingerprint density at radius 1 is 1.10 bits per heavy atom. The van der Waals surface area contributed by atoms with Gasteiger partial charge in [-0.2, -0.15) is 5.10 Å². The van der Waals surface area contributed by atoms with Crippen molar-refractivity contribution in [3.63, 3.8) is 0 Å². The number of carbonyl (C=O) groups excluding carboxylic acids is 1. The van der Waals surface area contributed by atoms with Gasteiger partial charge in [-0.25, -0.2) is 5.43 Å². The maximum absolute atomic E-state index is 12.0. The van der Waals surface area contributed by atoms with E-state index in [4.69, 9.17) is 4.74 Å². The zero-order valence-electron chi connectivity index (χ0n) is 16.4. The van der Waals surface area contributed by atoms with Crippen molar-refractivity contribution in [1.82, 2.24) is 9.99 Å². The number of nitrogens with zero attached hydrogens (tertiary/aromatic N) is 2. The summed E-state index contributed by atoms with van der Waals surface area (Å²) in [5, 5.41) is 4.10. The van der Waals surface area contributed by atoms with Crippen LogP contribution in [0.2, 0.25) is 0 Å². The first-order valence-electron chi connectivity index (χ1n) is 9.01. The molecule has 0 radical (unpaired) electrons. The van der Waals surface area contributed by atoms with Gasteiger partial charge in [-0.05, 0) is 108 Å². The van der Waals surface area contributed by atoms with Crippen molar-refractivity contribution in [2.45, 2.75) is 20.8 Å². The van der Waals surface area contributed by atoms with Crippen LogP contribution in [0, 0.1) is 27.9 Å². The standard InChI is InChI=1S/C22H21I2N3O2/c1-14-10-18(8-9-19(14)23)27-15(2)11-17(16(27)3)12-25-26-22(28)13-29-21-7-5-4-6-20(21)24/h4-12H,13H2,1-3H3,(H,26,28). The van der Waals surface area contributed by atoms with Gasteiger partial charge in [0.05, 0.1) is 9.78 Å². The van der Waals surface area contributed by atoms with Gasteiger partial charge >= 0.3 is 0 Å². The summed E-state index contributed by atoms with van der Waals surface area (Å²) in [6.07, 6.45) is 1.67. The lowest BCUT2D eigenvalue weighted by molar-refractivity contribution is -0.123. The van der Waals surface area contributed by atoms with Crippen LogP contribution in [0.15, 0.2) is 53.6 Å². The fourth-order valence-electron chi connectivity index (χ4n) is 2.99. The maximum atomic E-state index is 12.0. The summed E-state index contributed by atoms with van der Waals surface area (Å²) in [6, 6.07) is 16.0. The molecule has 2 aromatic carbocycles. The molecule has 0 aliphatic carbocycles. The van der Waals surface area contributed by atoms with Gasteiger partial charge in [0, 0.05) is 26.2 Å². The quantitative estimate of drug-likeness (QED) is 0.238. The highest BCUT2D eigenvalue weighted by atomic mass is 127. The fraction of sp³-hybridized carbons (Fsp3) is 0.182. The zero-order valence-corrected chi connectivity index (χ0v) is 20.7. The SMILES string of the molecule is Cc1cc(-n2c(C)cc(C=NNC(=O)COc3ccccc3I)c2C)ccc1I. The van der Waals surface area contributed by atoms with Gasteiger partial charge < -0.3 is 9.30 Å². The van der Waals surface area contributed by atoms with Crippen LogP contribution in [0.3, 0.4) is 0 Å². The number of para-hydroxylation sites is 1. The molecule has 0 saturated carbocycles. The summed E-state index contributed by atoms with van der Waals surface area (Å²) >= 11 is 4.51. The molecular weight excluding hydrogens is 592 g/mol. The number of carbonyl (C=O) groups is 1. The Morgan fingerprint density at radius 3 is 2.59 bits per heavy atom. The van der Waals surface area contributed by atoms with E-state index in [9.17, 15) is 4.79 Å². The molecule has 0 unspecified atom stereocenters. The molecule has 150 valence electrons. The van der Waals surface area contributed by atoms with Gasteiger partial charge in [-0.3, -0.25) is 4.79 Å². The van der Waals surface area contributed by atoms with Gasteiger partial charge in [0.25, 0.3) is 5.91 Å². The van der Waals surface area contributed by atoms with E-state index in [0.29, 0.717) is 5.75 Å². The number of hydrogen-bond donors (Lipinski definition) is 1. The maximum Gasteiger partial charge on any atom is 0.277 e. The van der Waals surface area contributed by atoms with Crippen LogP contribution in [-0.2, 0) is 4.79 Å². The molecular formula is C22H21I2N3O2. The van der Waals surface area contributed by atoms with E-state index in [1.807, 2.05) is 31.2 Å². The Labute approximate surface area is 197 Å². The van der Waals surface area contributed by atoms with Gasteiger partial charge in [0.1, 0.15) is 5.75 Å². The van der Waals surface area contributed by atoms with E-state index in [1.165, 1.54) is 9.13 Å². The third-order valence-corrected chi connectivity index (χ3v) is 6.56. The summed E-state index contributed by atoms with van der Waals surface area (Å²) in [6.45, 7) is 6.13. The van der Waals surface area contributed by atoms with Crippen LogP contribution >= 0.6 is 45.2 Å². The van der Waals surface area contributed by atoms with Crippen LogP contribution in [0.25, 0.3) is 5.69 Å². The highest BCUT2D eigenvalue weighted by Crippen LogP contribution is 2.23. The lowest BCUT2D eigenvalue weighted by Crippen LogP contribution is -2.24. The second-order valence-electron chi connectivity index (χ2n) is 6.61. The molecule has 0 bridgehead atoms. The fourth-order valence-corrected chi connectivity index (χ4v) is 3.87. The van der Waals surface area contributed by atoms with Crippen molar-refractivity contribution in [3.8, 4) is 11.4 Å². The van der Waals surface area contributed by atoms with Crippen LogP contribution in [0.4, 0.5) is 0 Å². The van der Waals surface area contributed by atoms with Crippen LogP contribution in [-0.4, -0.2) is 23.3 Å². The van der Waals surface area contributed by atoms with Gasteiger partial charge in [0.2, 0.25) is 0 Å². The third kappa shape index (κ3) is 5.39. The first-order valence-corrected chi connectivity index (χ1v) is 11.2. The van der Waals surface area contributed by atoms with Crippen LogP contribution in [0.1, 0.15) is 22.5 Å². The number of amides is 1. The summed E-state index contributed by atoms with van der Waals surface area (Å²) < 4.78 is 9.92. The number of aryl methyl sites for hydroxylation is 2. The molecule has 5 nitrogen and oxygen atoms in total. The highest BCUT2D eigenvalue weighted by Gasteiger charge is 2.10. The Morgan fingerprint density at radius 2 is 1.86 bits per heavy atom. The number of nitrogens with one attached hydrogen (secondary N) is 1. The second kappa shape index (κ2) is 9.75. The lowest BCUT2D eigenvalue weighted by atomic mass is 10.2. The Kier molecular flexibility index (Phi) is 7.33. The smallest absolute Gasteiger partial charge is 0.277 e. The van der Waals surface area contributed by atoms with Crippen molar-refractivity contribution < 1.29 is 9.53 Å². The van der Waals surface area contributed by atoms with E-state index >= 15 is 0 Å². The predicted molar refractivity (Wildman–Crippen MR) is 133 cm³/mol. The molecule has 0 atom stereocenters. The molecule has 1 heterocycles. The molecule has 0 spiro atoms. The van der Waals surface area contributed by atoms with E-state index in [2.05, 4.69) is 98.4 Å². The van der Waals surface area contributed by atoms with Crippen molar-refractivity contribution in [2.24, 2.45) is 5.10 Å². The molecule has 1 amide bonds. The molecule has 1 aromatic heterocycles. The molecule has 1 N–H and O–H groups in total. The molecule has 0 aliphatic rings. The zero-order chi connectivity index (χ0) is 21.0. The van der Waals surface area contributed by atoms with E-state index in [1.54, 1.807) is 6.21 Å². The molecule has 3 aromatic rings. The third-order valence-electron chi connectivity index (χ3n) is 4.46. The average molecular weight is 613 g/mol. The van der Waals surface area contributed by atoms with Crippen LogP contribution < -0.4 is 10.2 Å². The van der Waals surface area contributed by atoms with E-state index in [-0.39, 0.29) is 12.5 Å². The minimum absolute atomic E-state index is 0.0850. The monoisotopic (exact) mass is 613 g/mol. The number of halogens is 2. The summed E-state index contributed by atoms with van der Waals surface area (Å²) in [5.74, 6) is 0.381. The Bertz CT molecular complexity index is 1070. The number of hydrogen-bond acceptors (Lipinski definition) is 3. The molecule has 3 rings (SSSR count). The number of benzene rings is 2. The van der Waals surface area contributed by atoms with E-state index in [0.717, 1.165) is 26.2 Å². The highest BCUT2D eigenvalue weighted by molar-refractivity contribution is 14.1. The molecule has 7 heteroatoms. The summed E-state index contributed by atoms with van der Waals surface area (Å²) in [7, 11) is 0. The number of hydrazone groups is 1. The van der Waals surface area contributed by atoms with Crippen molar-refractivity contribution in [3.05, 3.63) is 78.2 Å². The first-order chi connectivity index (χ1) is 13.9. The van der Waals surface area contributed by atoms with Crippen molar-refractivity contribution >= 4 is 57.3 Å². The number of rotatable bonds is 6. The van der Waals surface area contributed by atoms with Crippen molar-refractivity contribution in [2.75, 3.05) is 6.61 Å². The Balaban J connectivity index is 1.66. The van der Waals surface area contributed by atoms with Gasteiger partial charge in [0.15, 0.2) is 6.61 Å². The van der Waals surface area contributed by atoms with Gasteiger partial charge in [-0.1, -0.05) is 12.1 Å². The molecule has 0 saturated heterocycles. The first kappa shape index (κ1) is 21.8. The molecule has 0 aliphatic heterocycles. The largest absolute Gasteiger partial charge is 0.483 e. The lowest BCUT2D eigenvalue weighted by Gasteiger charge is -2.11. The second-order valence-corrected chi connectivity index (χ2v) is 8.93. The minimum Gasteiger partial charge on any atom is -0.483 e. The summed E-state index contributed by atoms with van der Waals surface area (Å²) in [4.78, 5) is 12.0. The molecule has 29 heavy (non-hydrogen) atoms. The Hall–Kier alpha value is -1.88. The van der Waals surface area contributed by atoms with Gasteiger partial charge in [-0.15, -0.1) is 0 Å². The summed E-state index contributed by atoms with van der Waals surface area (Å²) in [5.41, 5.74) is 8.02. The predicted octanol–water partition coefficient (Wildman–Crippen LogP) is 5.14. The normalized spacial score (nSPS) is 11.1.